The highest BCUT2D eigenvalue weighted by Crippen LogP contribution is 1.86. The van der Waals surface area contributed by atoms with Gasteiger partial charge in [-0.15, -0.1) is 4.73 Å². The minimum atomic E-state index is -0.725. The van der Waals surface area contributed by atoms with Crippen molar-refractivity contribution in [3.05, 3.63) is 22.7 Å². The highest BCUT2D eigenvalue weighted by atomic mass is 16.7. The Balaban J connectivity index is 3.09. The van der Waals surface area contributed by atoms with Crippen molar-refractivity contribution in [2.75, 3.05) is 5.73 Å². The number of carbonyl (C=O) groups excluding carboxylic acids is 1. The number of carbonyl (C=O) groups is 1. The lowest BCUT2D eigenvalue weighted by Gasteiger charge is -1.97. The molecule has 0 aromatic carbocycles. The zero-order valence-corrected chi connectivity index (χ0v) is 5.43. The van der Waals surface area contributed by atoms with Crippen LogP contribution in [0, 0.1) is 0 Å². The van der Waals surface area contributed by atoms with Crippen molar-refractivity contribution in [1.82, 2.24) is 9.71 Å². The van der Waals surface area contributed by atoms with E-state index in [1.165, 1.54) is 12.3 Å². The summed E-state index contributed by atoms with van der Waals surface area (Å²) in [6.07, 6.45) is 1.21. The summed E-state index contributed by atoms with van der Waals surface area (Å²) in [5.74, 6) is 0.0840. The van der Waals surface area contributed by atoms with Gasteiger partial charge in [0.25, 0.3) is 0 Å². The second-order valence-electron chi connectivity index (χ2n) is 1.66. The molecule has 1 rings (SSSR count). The molecule has 0 amide bonds. The van der Waals surface area contributed by atoms with Gasteiger partial charge in [0.2, 0.25) is 0 Å². The van der Waals surface area contributed by atoms with Crippen LogP contribution >= 0.6 is 0 Å². The molecular weight excluding hydrogens is 150 g/mol. The van der Waals surface area contributed by atoms with Crippen LogP contribution in [0.25, 0.3) is 0 Å². The lowest BCUT2D eigenvalue weighted by molar-refractivity contribution is -0.129. The average Bonchev–Trinajstić information content (AvgIpc) is 1.95. The van der Waals surface area contributed by atoms with Gasteiger partial charge in [-0.3, -0.25) is 4.79 Å². The van der Waals surface area contributed by atoms with E-state index in [9.17, 15) is 9.59 Å². The molecule has 0 radical (unpaired) electrons. The number of aromatic nitrogens is 2. The Kier molecular flexibility index (Phi) is 1.86. The summed E-state index contributed by atoms with van der Waals surface area (Å²) in [7, 11) is 0. The van der Waals surface area contributed by atoms with E-state index in [2.05, 4.69) is 9.82 Å². The summed E-state index contributed by atoms with van der Waals surface area (Å²) in [4.78, 5) is 28.0. The van der Waals surface area contributed by atoms with E-state index in [4.69, 9.17) is 5.73 Å². The lowest BCUT2D eigenvalue weighted by Crippen LogP contribution is -2.28. The molecule has 0 aliphatic rings. The molecule has 1 aromatic rings. The fourth-order valence-corrected chi connectivity index (χ4v) is 0.531. The van der Waals surface area contributed by atoms with Crippen LogP contribution < -0.4 is 16.3 Å². The van der Waals surface area contributed by atoms with E-state index < -0.39 is 5.69 Å². The van der Waals surface area contributed by atoms with Crippen LogP contribution in [-0.4, -0.2) is 16.2 Å². The highest BCUT2D eigenvalue weighted by Gasteiger charge is 1.95. The maximum atomic E-state index is 10.7. The molecule has 2 N–H and O–H groups in total. The Bertz CT molecular complexity index is 319. The summed E-state index contributed by atoms with van der Waals surface area (Å²) in [5, 5.41) is 0. The van der Waals surface area contributed by atoms with Crippen LogP contribution in [0.1, 0.15) is 0 Å². The Hall–Kier alpha value is -1.85. The molecule has 58 valence electrons. The number of hydrogen-bond acceptors (Lipinski definition) is 5. The Morgan fingerprint density at radius 1 is 1.73 bits per heavy atom. The van der Waals surface area contributed by atoms with E-state index in [1.807, 2.05) is 0 Å². The number of nitrogens with two attached hydrogens (primary N) is 1. The second kappa shape index (κ2) is 2.82. The van der Waals surface area contributed by atoms with Gasteiger partial charge >= 0.3 is 12.2 Å². The zero-order valence-electron chi connectivity index (χ0n) is 5.43. The van der Waals surface area contributed by atoms with Crippen molar-refractivity contribution in [2.24, 2.45) is 0 Å². The molecule has 6 heteroatoms. The van der Waals surface area contributed by atoms with Gasteiger partial charge in [0, 0.05) is 6.07 Å². The third kappa shape index (κ3) is 1.54. The smallest absolute Gasteiger partial charge is 0.382 e. The molecule has 0 aliphatic heterocycles. The molecule has 0 bridgehead atoms. The van der Waals surface area contributed by atoms with Crippen LogP contribution in [0.5, 0.6) is 0 Å². The summed E-state index contributed by atoms with van der Waals surface area (Å²) < 4.78 is 0.670. The topological polar surface area (TPSA) is 87.2 Å². The van der Waals surface area contributed by atoms with Crippen molar-refractivity contribution >= 4 is 12.3 Å². The standard InChI is InChI=1S/C5H5N3O3/c6-4-1-2-8(11-3-9)5(10)7-4/h1-3H,(H2,6,7,10). The van der Waals surface area contributed by atoms with E-state index in [-0.39, 0.29) is 12.3 Å². The van der Waals surface area contributed by atoms with Crippen LogP contribution in [0.2, 0.25) is 0 Å². The molecule has 0 saturated carbocycles. The quantitative estimate of drug-likeness (QED) is 0.520. The average molecular weight is 155 g/mol. The predicted octanol–water partition coefficient (Wildman–Crippen LogP) is -1.59. The van der Waals surface area contributed by atoms with Gasteiger partial charge in [-0.2, -0.15) is 4.98 Å². The Labute approximate surface area is 61.2 Å². The molecule has 1 aromatic heterocycles. The number of hydrogen-bond donors (Lipinski definition) is 1. The van der Waals surface area contributed by atoms with Gasteiger partial charge in [-0.05, 0) is 0 Å². The monoisotopic (exact) mass is 155 g/mol. The van der Waals surface area contributed by atoms with Crippen molar-refractivity contribution < 1.29 is 9.63 Å². The number of nitrogen functional groups attached to an aromatic ring is 1. The Morgan fingerprint density at radius 3 is 3.00 bits per heavy atom. The Morgan fingerprint density at radius 2 is 2.45 bits per heavy atom. The fraction of sp³-hybridized carbons (Fsp3) is 0. The summed E-state index contributed by atoms with van der Waals surface area (Å²) in [5.41, 5.74) is 4.43. The first kappa shape index (κ1) is 7.26. The number of anilines is 1. The first-order valence-electron chi connectivity index (χ1n) is 2.70. The minimum Gasteiger partial charge on any atom is -0.383 e. The summed E-state index contributed by atoms with van der Waals surface area (Å²) in [6.45, 7) is 0.124. The number of rotatable bonds is 2. The highest BCUT2D eigenvalue weighted by molar-refractivity contribution is 5.37. The molecule has 0 saturated heterocycles. The lowest BCUT2D eigenvalue weighted by atomic mass is 10.6. The van der Waals surface area contributed by atoms with Crippen molar-refractivity contribution in [3.63, 3.8) is 0 Å². The molecule has 0 spiro atoms. The van der Waals surface area contributed by atoms with Crippen LogP contribution in [-0.2, 0) is 4.79 Å². The summed E-state index contributed by atoms with van der Waals surface area (Å²) >= 11 is 0. The van der Waals surface area contributed by atoms with E-state index in [1.54, 1.807) is 0 Å². The van der Waals surface area contributed by atoms with Gasteiger partial charge in [0.1, 0.15) is 5.82 Å². The van der Waals surface area contributed by atoms with Gasteiger partial charge in [0.05, 0.1) is 6.20 Å². The molecule has 0 fully saturated rings. The van der Waals surface area contributed by atoms with Crippen LogP contribution in [0.3, 0.4) is 0 Å². The first-order valence-corrected chi connectivity index (χ1v) is 2.70. The molecule has 1 heterocycles. The third-order valence-corrected chi connectivity index (χ3v) is 0.951. The molecule has 0 unspecified atom stereocenters. The second-order valence-corrected chi connectivity index (χ2v) is 1.66. The first-order chi connectivity index (χ1) is 5.24. The molecule has 11 heavy (non-hydrogen) atoms. The van der Waals surface area contributed by atoms with Crippen molar-refractivity contribution in [2.45, 2.75) is 0 Å². The molecule has 0 atom stereocenters. The largest absolute Gasteiger partial charge is 0.383 e. The summed E-state index contributed by atoms with van der Waals surface area (Å²) in [6, 6.07) is 1.34. The maximum absolute atomic E-state index is 10.7. The van der Waals surface area contributed by atoms with Gasteiger partial charge < -0.3 is 10.6 Å². The third-order valence-electron chi connectivity index (χ3n) is 0.951. The molecule has 0 aliphatic carbocycles. The van der Waals surface area contributed by atoms with Gasteiger partial charge in [-0.1, -0.05) is 0 Å². The predicted molar refractivity (Wildman–Crippen MR) is 35.6 cm³/mol. The van der Waals surface area contributed by atoms with Crippen LogP contribution in [0.15, 0.2) is 17.1 Å². The zero-order chi connectivity index (χ0) is 8.27. The fourth-order valence-electron chi connectivity index (χ4n) is 0.531. The van der Waals surface area contributed by atoms with Crippen molar-refractivity contribution in [1.29, 1.82) is 0 Å². The van der Waals surface area contributed by atoms with E-state index >= 15 is 0 Å². The molecule has 6 nitrogen and oxygen atoms in total. The minimum absolute atomic E-state index is 0.0840. The number of nitrogens with zero attached hydrogens (tertiary/aromatic N) is 2. The van der Waals surface area contributed by atoms with Gasteiger partial charge in [0.15, 0.2) is 0 Å². The maximum Gasteiger partial charge on any atom is 0.382 e. The van der Waals surface area contributed by atoms with E-state index in [0.29, 0.717) is 4.73 Å². The normalized spacial score (nSPS) is 9.09. The van der Waals surface area contributed by atoms with Gasteiger partial charge in [-0.25, -0.2) is 4.79 Å². The molecular formula is C5H5N3O3. The van der Waals surface area contributed by atoms with Crippen molar-refractivity contribution in [3.8, 4) is 0 Å². The SMILES string of the molecule is Nc1ccn(OC=O)c(=O)n1. The van der Waals surface area contributed by atoms with Crippen LogP contribution in [0.4, 0.5) is 5.82 Å². The van der Waals surface area contributed by atoms with E-state index in [0.717, 1.165) is 0 Å².